The molecule has 0 N–H and O–H groups in total. The van der Waals surface area contributed by atoms with Gasteiger partial charge in [0.1, 0.15) is 49.3 Å². The van der Waals surface area contributed by atoms with Crippen LogP contribution in [0.1, 0.15) is 48.0 Å². The molecule has 36 nitrogen and oxygen atoms in total. The van der Waals surface area contributed by atoms with Crippen LogP contribution < -0.4 is 0 Å². The number of carbonyl (C=O) groups is 6. The molecule has 3 aliphatic heterocycles. The summed E-state index contributed by atoms with van der Waals surface area (Å²) in [5.41, 5.74) is 56.7. The first-order chi connectivity index (χ1) is 34.6. The predicted octanol–water partition coefficient (Wildman–Crippen LogP) is 3.91. The molecule has 0 aromatic carbocycles. The largest absolute Gasteiger partial charge is 0.463 e. The fourth-order valence-electron chi connectivity index (χ4n) is 8.15. The molecule has 1 aliphatic carbocycles. The van der Waals surface area contributed by atoms with Crippen molar-refractivity contribution in [2.45, 2.75) is 164 Å². The summed E-state index contributed by atoms with van der Waals surface area (Å²) in [5.74, 6) is -10.8. The Balaban J connectivity index is 1.94. The van der Waals surface area contributed by atoms with Gasteiger partial charge < -0.3 is 56.8 Å². The number of hydrogen-bond donors (Lipinski definition) is 0. The average molecular weight is 1040 g/mol. The zero-order valence-corrected chi connectivity index (χ0v) is 38.9. The maximum atomic E-state index is 16.5. The Morgan fingerprint density at radius 2 is 0.959 bits per heavy atom. The standard InChI is InChI=1S/C35H44F2N18O18/c1-11(56)62-10-21-26(72-32-22(48-54-42)27(65-14(4)59)25(64-13(3)58)19(68-32)8-44-50-38)29(66-15(5)60)33(70-21)73-28-23(63-12(2)57)17(46-52-40)7-18(47-53-41)24(28)71-34-30(49-55-43)35(36,37)31(67-16(6)61)20(69-34)9-45-51-39/h17-34H,7-10H2,1-6H3/t17-,18+,19+,20-,21-,22-,23?,24-,25-,26-,27-,28-,29-,30+,31-,32-,33+,34-/m1/s1. The van der Waals surface area contributed by atoms with Crippen molar-refractivity contribution < 1.29 is 94.4 Å². The van der Waals surface area contributed by atoms with E-state index in [-0.39, 0.29) is 0 Å². The Kier molecular flexibility index (Phi) is 21.1. The Bertz CT molecular complexity index is 2380. The van der Waals surface area contributed by atoms with Gasteiger partial charge >= 0.3 is 35.8 Å². The molecule has 0 aromatic rings. The summed E-state index contributed by atoms with van der Waals surface area (Å²) in [5, 5.41) is 20.8. The number of nitrogens with zero attached hydrogens (tertiary/aromatic N) is 18. The number of azide groups is 6. The van der Waals surface area contributed by atoms with E-state index in [0.29, 0.717) is 0 Å². The van der Waals surface area contributed by atoms with Gasteiger partial charge in [-0.1, -0.05) is 30.7 Å². The lowest BCUT2D eigenvalue weighted by Crippen LogP contribution is -2.66. The molecule has 3 heterocycles. The summed E-state index contributed by atoms with van der Waals surface area (Å²) in [4.78, 5) is 90.6. The molecule has 4 fully saturated rings. The van der Waals surface area contributed by atoms with Crippen LogP contribution in [-0.2, 0) is 85.6 Å². The van der Waals surface area contributed by atoms with Crippen LogP contribution in [-0.4, -0.2) is 172 Å². The number of halogens is 2. The highest BCUT2D eigenvalue weighted by Crippen LogP contribution is 2.43. The predicted molar refractivity (Wildman–Crippen MR) is 224 cm³/mol. The van der Waals surface area contributed by atoms with E-state index < -0.39 is 178 Å². The first-order valence-electron chi connectivity index (χ1n) is 21.1. The molecule has 4 rings (SSSR count). The number of rotatable bonds is 21. The van der Waals surface area contributed by atoms with E-state index in [0.717, 1.165) is 41.5 Å². The summed E-state index contributed by atoms with van der Waals surface area (Å²) in [6, 6.07) is -7.92. The van der Waals surface area contributed by atoms with Gasteiger partial charge in [0, 0.05) is 71.0 Å². The molecule has 0 bridgehead atoms. The summed E-state index contributed by atoms with van der Waals surface area (Å²) < 4.78 is 101. The van der Waals surface area contributed by atoms with Gasteiger partial charge in [0.25, 0.3) is 5.92 Å². The third kappa shape index (κ3) is 14.9. The van der Waals surface area contributed by atoms with Crippen molar-refractivity contribution in [3.05, 3.63) is 62.7 Å². The van der Waals surface area contributed by atoms with Gasteiger partial charge in [-0.3, -0.25) is 28.8 Å². The number of ether oxygens (including phenoxy) is 12. The fraction of sp³-hybridized carbons (Fsp3) is 0.829. The molecule has 1 saturated carbocycles. The van der Waals surface area contributed by atoms with Crippen LogP contribution in [0.2, 0.25) is 0 Å². The van der Waals surface area contributed by atoms with E-state index in [1.165, 1.54) is 0 Å². The third-order valence-corrected chi connectivity index (χ3v) is 10.7. The molecule has 3 saturated heterocycles. The second kappa shape index (κ2) is 26.7. The Morgan fingerprint density at radius 1 is 0.493 bits per heavy atom. The van der Waals surface area contributed by atoms with E-state index in [2.05, 4.69) is 60.2 Å². The average Bonchev–Trinajstić information content (AvgIpc) is 3.61. The van der Waals surface area contributed by atoms with Gasteiger partial charge in [0.2, 0.25) is 0 Å². The zero-order valence-electron chi connectivity index (χ0n) is 38.9. The number of hydrogen-bond acceptors (Lipinski definition) is 24. The molecular weight excluding hydrogens is 998 g/mol. The maximum absolute atomic E-state index is 16.5. The van der Waals surface area contributed by atoms with Crippen LogP contribution in [0.15, 0.2) is 30.7 Å². The van der Waals surface area contributed by atoms with Crippen molar-refractivity contribution in [1.82, 2.24) is 0 Å². The SMILES string of the molecule is CC(=O)OC[C@H]1O[C@@H](O[C@@H]2C(OC(C)=O)[C@H](N=[N+]=[N-])C[C@H](N=[N+]=[N-])[C@H]2O[C@H]2O[C@H](CN=[N+]=[N-])[C@@H](OC(C)=O)C(F)(F)[C@H]2N=[N+]=[N-])[C@H](OC(C)=O)[C@@H]1O[C@H]1O[C@@H](CN=[N+]=[N-])[C@@H](OC(C)=O)[C@H](OC(C)=O)[C@H]1N=[N+]=[N-]. The van der Waals surface area contributed by atoms with Gasteiger partial charge in [-0.05, 0) is 39.6 Å². The number of alkyl halides is 2. The highest BCUT2D eigenvalue weighted by Gasteiger charge is 2.63. The van der Waals surface area contributed by atoms with E-state index in [9.17, 15) is 50.9 Å². The van der Waals surface area contributed by atoms with Gasteiger partial charge in [-0.2, -0.15) is 0 Å². The smallest absolute Gasteiger partial charge is 0.303 e. The molecular formula is C35H44F2N18O18. The van der Waals surface area contributed by atoms with Crippen molar-refractivity contribution in [1.29, 1.82) is 0 Å². The van der Waals surface area contributed by atoms with Crippen LogP contribution in [0.5, 0.6) is 0 Å². The van der Waals surface area contributed by atoms with Crippen molar-refractivity contribution >= 4 is 35.8 Å². The van der Waals surface area contributed by atoms with Crippen LogP contribution >= 0.6 is 0 Å². The molecule has 1 unspecified atom stereocenters. The topological polar surface area (TPSA) is 506 Å². The van der Waals surface area contributed by atoms with Crippen LogP contribution in [0.3, 0.4) is 0 Å². The van der Waals surface area contributed by atoms with Crippen LogP contribution in [0.4, 0.5) is 8.78 Å². The second-order valence-corrected chi connectivity index (χ2v) is 15.7. The van der Waals surface area contributed by atoms with E-state index in [1.807, 2.05) is 0 Å². The van der Waals surface area contributed by atoms with Crippen LogP contribution in [0, 0.1) is 0 Å². The Morgan fingerprint density at radius 3 is 1.49 bits per heavy atom. The Labute approximate surface area is 407 Å². The van der Waals surface area contributed by atoms with E-state index >= 15 is 8.78 Å². The molecule has 0 aromatic heterocycles. The minimum absolute atomic E-state index is 0.613. The lowest BCUT2D eigenvalue weighted by atomic mass is 9.83. The Hall–Kier alpha value is -7.70. The van der Waals surface area contributed by atoms with E-state index in [4.69, 9.17) is 67.9 Å². The minimum Gasteiger partial charge on any atom is -0.463 e. The first-order valence-corrected chi connectivity index (χ1v) is 21.1. The van der Waals surface area contributed by atoms with Crippen molar-refractivity contribution in [3.63, 3.8) is 0 Å². The number of esters is 6. The molecule has 0 radical (unpaired) electrons. The van der Waals surface area contributed by atoms with E-state index in [1.54, 1.807) is 0 Å². The van der Waals surface area contributed by atoms with Gasteiger partial charge in [-0.15, -0.1) is 0 Å². The van der Waals surface area contributed by atoms with Crippen LogP contribution in [0.25, 0.3) is 62.7 Å². The van der Waals surface area contributed by atoms with Gasteiger partial charge in [0.05, 0.1) is 31.3 Å². The monoisotopic (exact) mass is 1040 g/mol. The quantitative estimate of drug-likeness (QED) is 0.0517. The normalized spacial score (nSPS) is 34.0. The van der Waals surface area contributed by atoms with Crippen molar-refractivity contribution in [2.75, 3.05) is 19.7 Å². The fourth-order valence-corrected chi connectivity index (χ4v) is 8.15. The first kappa shape index (κ1) is 57.9. The third-order valence-electron chi connectivity index (χ3n) is 10.7. The maximum Gasteiger partial charge on any atom is 0.303 e. The summed E-state index contributed by atoms with van der Waals surface area (Å²) in [6.07, 6.45) is -28.5. The van der Waals surface area contributed by atoms with Crippen molar-refractivity contribution in [3.8, 4) is 0 Å². The molecule has 396 valence electrons. The summed E-state index contributed by atoms with van der Waals surface area (Å²) >= 11 is 0. The lowest BCUT2D eigenvalue weighted by molar-refractivity contribution is -0.332. The molecule has 0 amide bonds. The highest BCUT2D eigenvalue weighted by molar-refractivity contribution is 5.68. The summed E-state index contributed by atoms with van der Waals surface area (Å²) in [6.45, 7) is 3.02. The van der Waals surface area contributed by atoms with Crippen molar-refractivity contribution in [2.24, 2.45) is 30.7 Å². The molecule has 38 heteroatoms. The molecule has 18 atom stereocenters. The van der Waals surface area contributed by atoms with Gasteiger partial charge in [0.15, 0.2) is 49.3 Å². The molecule has 0 spiro atoms. The minimum atomic E-state index is -4.41. The second-order valence-electron chi connectivity index (χ2n) is 15.7. The summed E-state index contributed by atoms with van der Waals surface area (Å²) in [7, 11) is 0. The number of carbonyl (C=O) groups excluding carboxylic acids is 6. The highest BCUT2D eigenvalue weighted by atomic mass is 19.3. The zero-order chi connectivity index (χ0) is 54.2. The van der Waals surface area contributed by atoms with Gasteiger partial charge in [-0.25, -0.2) is 8.78 Å². The lowest BCUT2D eigenvalue weighted by Gasteiger charge is -2.48. The molecule has 73 heavy (non-hydrogen) atoms. The molecule has 4 aliphatic rings.